The van der Waals surface area contributed by atoms with Crippen LogP contribution in [0, 0.1) is 13.8 Å². The first kappa shape index (κ1) is 20.8. The fourth-order valence-corrected chi connectivity index (χ4v) is 6.84. The number of nitrogens with one attached hydrogen (secondary N) is 1. The maximum Gasteiger partial charge on any atom is 0.291 e. The molecular weight excluding hydrogens is 392 g/mol. The van der Waals surface area contributed by atoms with Crippen molar-refractivity contribution in [3.63, 3.8) is 0 Å². The smallest absolute Gasteiger partial charge is 0.228 e. The van der Waals surface area contributed by atoms with Crippen LogP contribution >= 0.6 is 0 Å². The van der Waals surface area contributed by atoms with Crippen molar-refractivity contribution in [2.45, 2.75) is 55.9 Å². The van der Waals surface area contributed by atoms with Gasteiger partial charge in [0.05, 0.1) is 9.79 Å². The van der Waals surface area contributed by atoms with E-state index in [1.807, 2.05) is 39.0 Å². The number of hydrogen-bond donors (Lipinski definition) is 1. The van der Waals surface area contributed by atoms with E-state index in [4.69, 9.17) is 0 Å². The summed E-state index contributed by atoms with van der Waals surface area (Å²) < 4.78 is 46.6. The molecule has 0 saturated carbocycles. The van der Waals surface area contributed by atoms with Crippen molar-refractivity contribution in [1.82, 2.24) is 4.72 Å². The SMILES string of the molecule is CC1=C[C@H](NS(=O)(=NS(=O)(=O)c2ccc(C)cc2)c2ccc(C)cc2)CCC1. The molecule has 28 heavy (non-hydrogen) atoms. The highest BCUT2D eigenvalue weighted by Gasteiger charge is 2.24. The summed E-state index contributed by atoms with van der Waals surface area (Å²) in [5, 5.41) is 0. The minimum atomic E-state index is -4.09. The Morgan fingerprint density at radius 3 is 1.93 bits per heavy atom. The van der Waals surface area contributed by atoms with Gasteiger partial charge in [0, 0.05) is 6.04 Å². The molecule has 1 aliphatic carbocycles. The Kier molecular flexibility index (Phi) is 6.07. The third-order valence-electron chi connectivity index (χ3n) is 4.75. The third kappa shape index (κ3) is 4.90. The fraction of sp³-hybridized carbons (Fsp3) is 0.333. The van der Waals surface area contributed by atoms with E-state index in [1.54, 1.807) is 24.3 Å². The molecule has 1 aliphatic rings. The molecule has 0 saturated heterocycles. The van der Waals surface area contributed by atoms with Gasteiger partial charge in [0.2, 0.25) is 0 Å². The molecule has 2 aromatic carbocycles. The predicted molar refractivity (Wildman–Crippen MR) is 113 cm³/mol. The summed E-state index contributed by atoms with van der Waals surface area (Å²) in [6.07, 6.45) is 4.78. The molecule has 150 valence electrons. The van der Waals surface area contributed by atoms with E-state index in [-0.39, 0.29) is 10.9 Å². The molecule has 0 bridgehead atoms. The maximum atomic E-state index is 13.8. The first-order valence-corrected chi connectivity index (χ1v) is 12.2. The van der Waals surface area contributed by atoms with E-state index < -0.39 is 19.9 Å². The van der Waals surface area contributed by atoms with Gasteiger partial charge in [-0.15, -0.1) is 0 Å². The molecule has 7 heteroatoms. The third-order valence-corrected chi connectivity index (χ3v) is 8.77. The maximum absolute atomic E-state index is 13.8. The zero-order chi connectivity index (χ0) is 20.4. The molecule has 5 nitrogen and oxygen atoms in total. The van der Waals surface area contributed by atoms with E-state index in [1.165, 1.54) is 17.7 Å². The Balaban J connectivity index is 2.11. The van der Waals surface area contributed by atoms with Crippen LogP contribution in [0.15, 0.2) is 73.7 Å². The van der Waals surface area contributed by atoms with Gasteiger partial charge in [0.25, 0.3) is 10.0 Å². The van der Waals surface area contributed by atoms with Gasteiger partial charge in [-0.2, -0.15) is 8.42 Å². The Morgan fingerprint density at radius 1 is 0.857 bits per heavy atom. The van der Waals surface area contributed by atoms with Crippen LogP contribution in [0.2, 0.25) is 0 Å². The van der Waals surface area contributed by atoms with Gasteiger partial charge in [-0.3, -0.25) is 0 Å². The van der Waals surface area contributed by atoms with Crippen molar-refractivity contribution in [1.29, 1.82) is 0 Å². The van der Waals surface area contributed by atoms with E-state index in [0.29, 0.717) is 4.90 Å². The summed E-state index contributed by atoms with van der Waals surface area (Å²) in [5.74, 6) is 0. The van der Waals surface area contributed by atoms with Crippen molar-refractivity contribution < 1.29 is 12.6 Å². The topological polar surface area (TPSA) is 75.6 Å². The first-order chi connectivity index (χ1) is 13.2. The number of benzene rings is 2. The fourth-order valence-electron chi connectivity index (χ4n) is 3.16. The van der Waals surface area contributed by atoms with Crippen molar-refractivity contribution in [3.8, 4) is 0 Å². The lowest BCUT2D eigenvalue weighted by molar-refractivity contribution is 0.579. The average molecular weight is 419 g/mol. The minimum Gasteiger partial charge on any atom is -0.228 e. The Labute approximate surface area is 168 Å². The number of nitrogens with zero attached hydrogens (tertiary/aromatic N) is 1. The second kappa shape index (κ2) is 8.19. The van der Waals surface area contributed by atoms with Crippen molar-refractivity contribution in [2.24, 2.45) is 3.77 Å². The lowest BCUT2D eigenvalue weighted by Crippen LogP contribution is -2.35. The standard InChI is InChI=1S/C21H26N2O3S2/c1-16-7-11-20(12-8-16)27(24,22-19-6-4-5-18(3)15-19)23-28(25,26)21-13-9-17(2)10-14-21/h7-15,19H,4-6H2,1-3H3,(H,22,23,24)/t19-,27?/m1/s1. The Hall–Kier alpha value is -1.96. The van der Waals surface area contributed by atoms with Crippen molar-refractivity contribution >= 4 is 19.9 Å². The second-order valence-electron chi connectivity index (χ2n) is 7.33. The molecule has 0 heterocycles. The lowest BCUT2D eigenvalue weighted by Gasteiger charge is -2.23. The number of allylic oxidation sites excluding steroid dienone is 1. The van der Waals surface area contributed by atoms with Crippen LogP contribution < -0.4 is 4.72 Å². The highest BCUT2D eigenvalue weighted by Crippen LogP contribution is 2.23. The van der Waals surface area contributed by atoms with E-state index >= 15 is 0 Å². The molecule has 0 amide bonds. The van der Waals surface area contributed by atoms with Gasteiger partial charge in [-0.25, -0.2) is 8.93 Å². The summed E-state index contributed by atoms with van der Waals surface area (Å²) in [4.78, 5) is 0.403. The molecule has 1 N–H and O–H groups in total. The largest absolute Gasteiger partial charge is 0.291 e. The summed E-state index contributed by atoms with van der Waals surface area (Å²) in [6, 6.07) is 13.2. The van der Waals surface area contributed by atoms with Crippen molar-refractivity contribution in [3.05, 3.63) is 71.3 Å². The quantitative estimate of drug-likeness (QED) is 0.725. The molecule has 2 aromatic rings. The van der Waals surface area contributed by atoms with E-state index in [2.05, 4.69) is 8.49 Å². The number of aryl methyl sites for hydroxylation is 2. The highest BCUT2D eigenvalue weighted by atomic mass is 32.3. The first-order valence-electron chi connectivity index (χ1n) is 9.29. The van der Waals surface area contributed by atoms with Crippen LogP contribution in [-0.4, -0.2) is 18.7 Å². The number of sulfonamides is 1. The average Bonchev–Trinajstić information content (AvgIpc) is 2.62. The molecule has 3 rings (SSSR count). The Morgan fingerprint density at radius 2 is 1.39 bits per heavy atom. The molecule has 1 unspecified atom stereocenters. The van der Waals surface area contributed by atoms with Crippen LogP contribution in [0.5, 0.6) is 0 Å². The number of hydrogen-bond acceptors (Lipinski definition) is 3. The second-order valence-corrected chi connectivity index (χ2v) is 11.1. The molecule has 0 aliphatic heterocycles. The normalized spacial score (nSPS) is 19.5. The summed E-state index contributed by atoms with van der Waals surface area (Å²) in [5.41, 5.74) is 3.15. The highest BCUT2D eigenvalue weighted by molar-refractivity contribution is 8.02. The van der Waals surface area contributed by atoms with Gasteiger partial charge < -0.3 is 0 Å². The van der Waals surface area contributed by atoms with Gasteiger partial charge in [0.15, 0.2) is 9.92 Å². The summed E-state index contributed by atoms with van der Waals surface area (Å²) >= 11 is 0. The molecular formula is C21H26N2O3S2. The van der Waals surface area contributed by atoms with Crippen LogP contribution in [0.4, 0.5) is 0 Å². The molecule has 0 fully saturated rings. The summed E-state index contributed by atoms with van der Waals surface area (Å²) in [7, 11) is -7.47. The predicted octanol–water partition coefficient (Wildman–Crippen LogP) is 4.52. The van der Waals surface area contributed by atoms with Crippen molar-refractivity contribution in [2.75, 3.05) is 0 Å². The van der Waals surface area contributed by atoms with Gasteiger partial charge in [0.1, 0.15) is 0 Å². The summed E-state index contributed by atoms with van der Waals surface area (Å²) in [6.45, 7) is 5.83. The number of rotatable bonds is 5. The lowest BCUT2D eigenvalue weighted by atomic mass is 9.98. The van der Waals surface area contributed by atoms with Gasteiger partial charge >= 0.3 is 0 Å². The van der Waals surface area contributed by atoms with Crippen LogP contribution in [0.1, 0.15) is 37.3 Å². The van der Waals surface area contributed by atoms with Crippen LogP contribution in [-0.2, 0) is 19.9 Å². The molecule has 0 aromatic heterocycles. The van der Waals surface area contributed by atoms with Gasteiger partial charge in [-0.05, 0) is 64.3 Å². The van der Waals surface area contributed by atoms with Gasteiger partial charge in [-0.1, -0.05) is 50.8 Å². The molecule has 2 atom stereocenters. The molecule has 0 spiro atoms. The monoisotopic (exact) mass is 418 g/mol. The van der Waals surface area contributed by atoms with Crippen LogP contribution in [0.3, 0.4) is 0 Å². The van der Waals surface area contributed by atoms with E-state index in [9.17, 15) is 12.6 Å². The Bertz CT molecular complexity index is 1090. The zero-order valence-electron chi connectivity index (χ0n) is 16.4. The zero-order valence-corrected chi connectivity index (χ0v) is 18.0. The minimum absolute atomic E-state index is 0.0371. The van der Waals surface area contributed by atoms with E-state index in [0.717, 1.165) is 30.4 Å². The molecule has 0 radical (unpaired) electrons. The van der Waals surface area contributed by atoms with Crippen LogP contribution in [0.25, 0.3) is 0 Å².